The monoisotopic (exact) mass is 340 g/mol. The minimum absolute atomic E-state index is 0.118. The predicted octanol–water partition coefficient (Wildman–Crippen LogP) is 2.49. The van der Waals surface area contributed by atoms with Crippen molar-refractivity contribution in [3.05, 3.63) is 53.9 Å². The van der Waals surface area contributed by atoms with Crippen LogP contribution in [0, 0.1) is 0 Å². The fourth-order valence-corrected chi connectivity index (χ4v) is 2.70. The SMILES string of the molecule is CN(C)CCCNC(=O)c1ncccc1-c1cccc(CN(C)C)c1. The standard InChI is InChI=1S/C20H28N4O/c1-23(2)13-7-12-22-20(25)19-18(10-6-11-21-19)17-9-5-8-16(14-17)15-24(3)4/h5-6,8-11,14H,7,12-13,15H2,1-4H3,(H,22,25). The minimum Gasteiger partial charge on any atom is -0.351 e. The maximum Gasteiger partial charge on any atom is 0.270 e. The first kappa shape index (κ1) is 19.1. The van der Waals surface area contributed by atoms with Crippen molar-refractivity contribution in [2.24, 2.45) is 0 Å². The van der Waals surface area contributed by atoms with Crippen LogP contribution in [0.15, 0.2) is 42.6 Å². The van der Waals surface area contributed by atoms with Gasteiger partial charge < -0.3 is 15.1 Å². The maximum absolute atomic E-state index is 12.6. The molecule has 0 aliphatic carbocycles. The molecule has 0 aliphatic heterocycles. The van der Waals surface area contributed by atoms with Gasteiger partial charge in [-0.2, -0.15) is 0 Å². The zero-order valence-electron chi connectivity index (χ0n) is 15.6. The van der Waals surface area contributed by atoms with Gasteiger partial charge in [-0.15, -0.1) is 0 Å². The number of carbonyl (C=O) groups excluding carboxylic acids is 1. The normalized spacial score (nSPS) is 11.1. The third kappa shape index (κ3) is 5.96. The van der Waals surface area contributed by atoms with Crippen molar-refractivity contribution in [3.8, 4) is 11.1 Å². The highest BCUT2D eigenvalue weighted by Gasteiger charge is 2.14. The molecule has 5 nitrogen and oxygen atoms in total. The van der Waals surface area contributed by atoms with Gasteiger partial charge >= 0.3 is 0 Å². The second kappa shape index (κ2) is 9.30. The number of hydrogen-bond donors (Lipinski definition) is 1. The van der Waals surface area contributed by atoms with Crippen LogP contribution >= 0.6 is 0 Å². The topological polar surface area (TPSA) is 48.5 Å². The quantitative estimate of drug-likeness (QED) is 0.750. The zero-order valence-corrected chi connectivity index (χ0v) is 15.6. The summed E-state index contributed by atoms with van der Waals surface area (Å²) < 4.78 is 0. The van der Waals surface area contributed by atoms with E-state index in [2.05, 4.69) is 32.2 Å². The third-order valence-electron chi connectivity index (χ3n) is 3.83. The number of aromatic nitrogens is 1. The van der Waals surface area contributed by atoms with E-state index in [4.69, 9.17) is 0 Å². The number of benzene rings is 1. The van der Waals surface area contributed by atoms with Gasteiger partial charge in [-0.1, -0.05) is 24.3 Å². The lowest BCUT2D eigenvalue weighted by molar-refractivity contribution is 0.0948. The van der Waals surface area contributed by atoms with Crippen LogP contribution in [-0.2, 0) is 6.54 Å². The Bertz CT molecular complexity index is 698. The second-order valence-electron chi connectivity index (χ2n) is 6.75. The molecule has 0 saturated carbocycles. The number of nitrogens with zero attached hydrogens (tertiary/aromatic N) is 3. The van der Waals surface area contributed by atoms with Gasteiger partial charge in [-0.25, -0.2) is 0 Å². The molecule has 0 saturated heterocycles. The molecule has 0 aliphatic rings. The molecule has 0 fully saturated rings. The summed E-state index contributed by atoms with van der Waals surface area (Å²) >= 11 is 0. The van der Waals surface area contributed by atoms with Crippen LogP contribution in [0.5, 0.6) is 0 Å². The molecule has 1 N–H and O–H groups in total. The smallest absolute Gasteiger partial charge is 0.270 e. The zero-order chi connectivity index (χ0) is 18.2. The van der Waals surface area contributed by atoms with Crippen LogP contribution in [0.4, 0.5) is 0 Å². The van der Waals surface area contributed by atoms with Gasteiger partial charge in [0.05, 0.1) is 0 Å². The lowest BCUT2D eigenvalue weighted by atomic mass is 10.0. The summed E-state index contributed by atoms with van der Waals surface area (Å²) in [5.74, 6) is -0.118. The van der Waals surface area contributed by atoms with Crippen LogP contribution in [0.1, 0.15) is 22.5 Å². The number of hydrogen-bond acceptors (Lipinski definition) is 4. The van der Waals surface area contributed by atoms with Crippen molar-refractivity contribution in [2.75, 3.05) is 41.3 Å². The Morgan fingerprint density at radius 3 is 2.60 bits per heavy atom. The minimum atomic E-state index is -0.118. The Balaban J connectivity index is 2.16. The third-order valence-corrected chi connectivity index (χ3v) is 3.83. The van der Waals surface area contributed by atoms with Crippen molar-refractivity contribution in [3.63, 3.8) is 0 Å². The Morgan fingerprint density at radius 2 is 1.88 bits per heavy atom. The van der Waals surface area contributed by atoms with E-state index < -0.39 is 0 Å². The average Bonchev–Trinajstić information content (AvgIpc) is 2.58. The van der Waals surface area contributed by atoms with Crippen LogP contribution in [-0.4, -0.2) is 62.0 Å². The molecule has 0 atom stereocenters. The maximum atomic E-state index is 12.6. The van der Waals surface area contributed by atoms with Gasteiger partial charge in [-0.05, 0) is 64.4 Å². The summed E-state index contributed by atoms with van der Waals surface area (Å²) in [6.07, 6.45) is 2.58. The molecule has 25 heavy (non-hydrogen) atoms. The van der Waals surface area contributed by atoms with Gasteiger partial charge in [0.15, 0.2) is 0 Å². The van der Waals surface area contributed by atoms with Gasteiger partial charge in [0, 0.05) is 24.8 Å². The molecule has 2 aromatic rings. The Labute approximate surface area is 150 Å². The van der Waals surface area contributed by atoms with Crippen molar-refractivity contribution in [2.45, 2.75) is 13.0 Å². The predicted molar refractivity (Wildman–Crippen MR) is 103 cm³/mol. The lowest BCUT2D eigenvalue weighted by Crippen LogP contribution is -2.28. The van der Waals surface area contributed by atoms with Crippen molar-refractivity contribution >= 4 is 5.91 Å². The molecule has 1 amide bonds. The number of nitrogens with one attached hydrogen (secondary N) is 1. The molecule has 5 heteroatoms. The fraction of sp³-hybridized carbons (Fsp3) is 0.400. The average molecular weight is 340 g/mol. The molecule has 0 unspecified atom stereocenters. The summed E-state index contributed by atoms with van der Waals surface area (Å²) in [6, 6.07) is 12.1. The Kier molecular flexibility index (Phi) is 7.10. The van der Waals surface area contributed by atoms with E-state index in [1.807, 2.05) is 52.5 Å². The first-order valence-electron chi connectivity index (χ1n) is 8.59. The van der Waals surface area contributed by atoms with E-state index in [9.17, 15) is 4.79 Å². The van der Waals surface area contributed by atoms with E-state index in [0.29, 0.717) is 12.2 Å². The molecular formula is C20H28N4O. The summed E-state index contributed by atoms with van der Waals surface area (Å²) in [7, 11) is 8.14. The molecule has 1 aromatic heterocycles. The van der Waals surface area contributed by atoms with Gasteiger partial charge in [-0.3, -0.25) is 9.78 Å². The lowest BCUT2D eigenvalue weighted by Gasteiger charge is -2.13. The van der Waals surface area contributed by atoms with E-state index in [1.165, 1.54) is 5.56 Å². The van der Waals surface area contributed by atoms with Gasteiger partial charge in [0.25, 0.3) is 5.91 Å². The van der Waals surface area contributed by atoms with Crippen LogP contribution in [0.2, 0.25) is 0 Å². The number of carbonyl (C=O) groups is 1. The first-order chi connectivity index (χ1) is 12.0. The molecule has 0 spiro atoms. The van der Waals surface area contributed by atoms with E-state index in [-0.39, 0.29) is 5.91 Å². The largest absolute Gasteiger partial charge is 0.351 e. The van der Waals surface area contributed by atoms with E-state index >= 15 is 0 Å². The van der Waals surface area contributed by atoms with Gasteiger partial charge in [0.1, 0.15) is 5.69 Å². The Hall–Kier alpha value is -2.24. The number of pyridine rings is 1. The molecule has 1 aromatic carbocycles. The van der Waals surface area contributed by atoms with E-state index in [1.54, 1.807) is 6.20 Å². The highest BCUT2D eigenvalue weighted by atomic mass is 16.1. The molecule has 1 heterocycles. The van der Waals surface area contributed by atoms with Crippen molar-refractivity contribution in [1.29, 1.82) is 0 Å². The van der Waals surface area contributed by atoms with Crippen molar-refractivity contribution in [1.82, 2.24) is 20.1 Å². The fourth-order valence-electron chi connectivity index (χ4n) is 2.70. The molecule has 134 valence electrons. The molecule has 0 bridgehead atoms. The molecular weight excluding hydrogens is 312 g/mol. The summed E-state index contributed by atoms with van der Waals surface area (Å²) in [5.41, 5.74) is 3.58. The van der Waals surface area contributed by atoms with E-state index in [0.717, 1.165) is 30.6 Å². The number of amides is 1. The summed E-state index contributed by atoms with van der Waals surface area (Å²) in [4.78, 5) is 21.1. The first-order valence-corrected chi connectivity index (χ1v) is 8.59. The Morgan fingerprint density at radius 1 is 1.08 bits per heavy atom. The van der Waals surface area contributed by atoms with Crippen molar-refractivity contribution < 1.29 is 4.79 Å². The van der Waals surface area contributed by atoms with Gasteiger partial charge in [0.2, 0.25) is 0 Å². The highest BCUT2D eigenvalue weighted by Crippen LogP contribution is 2.23. The molecule has 0 radical (unpaired) electrons. The second-order valence-corrected chi connectivity index (χ2v) is 6.75. The van der Waals surface area contributed by atoms with Crippen LogP contribution in [0.25, 0.3) is 11.1 Å². The van der Waals surface area contributed by atoms with Crippen LogP contribution in [0.3, 0.4) is 0 Å². The van der Waals surface area contributed by atoms with Crippen LogP contribution < -0.4 is 5.32 Å². The summed E-state index contributed by atoms with van der Waals surface area (Å²) in [5, 5.41) is 2.97. The number of rotatable bonds is 8. The molecule has 2 rings (SSSR count). The summed E-state index contributed by atoms with van der Waals surface area (Å²) in [6.45, 7) is 2.45. The highest BCUT2D eigenvalue weighted by molar-refractivity contribution is 5.98.